The zero-order valence-electron chi connectivity index (χ0n) is 10.7. The molecule has 1 aliphatic rings. The number of nitriles is 1. The van der Waals surface area contributed by atoms with Gasteiger partial charge in [-0.05, 0) is 35.0 Å². The van der Waals surface area contributed by atoms with Gasteiger partial charge in [-0.15, -0.1) is 0 Å². The molecular weight excluding hydrogens is 308 g/mol. The molecule has 1 aliphatic heterocycles. The number of carbonyl (C=O) groups is 1. The van der Waals surface area contributed by atoms with E-state index in [4.69, 9.17) is 5.26 Å². The highest BCUT2D eigenvalue weighted by Gasteiger charge is 2.24. The molecule has 0 aromatic carbocycles. The summed E-state index contributed by atoms with van der Waals surface area (Å²) in [4.78, 5) is 20.2. The Labute approximate surface area is 121 Å². The first-order chi connectivity index (χ1) is 9.11. The average molecular weight is 323 g/mol. The van der Waals surface area contributed by atoms with Crippen LogP contribution in [0.15, 0.2) is 22.9 Å². The normalized spacial score (nSPS) is 17.8. The van der Waals surface area contributed by atoms with Crippen molar-refractivity contribution in [2.45, 2.75) is 13.0 Å². The Morgan fingerprint density at radius 2 is 2.11 bits per heavy atom. The van der Waals surface area contributed by atoms with Crippen LogP contribution < -0.4 is 0 Å². The van der Waals surface area contributed by atoms with E-state index in [1.54, 1.807) is 18.3 Å². The fourth-order valence-electron chi connectivity index (χ4n) is 2.08. The van der Waals surface area contributed by atoms with Crippen molar-refractivity contribution in [3.05, 3.63) is 28.5 Å². The summed E-state index contributed by atoms with van der Waals surface area (Å²) < 4.78 is 0.719. The molecule has 1 aromatic heterocycles. The molecule has 2 rings (SSSR count). The smallest absolute Gasteiger partial charge is 0.255 e. The Balaban J connectivity index is 1.96. The van der Waals surface area contributed by atoms with Gasteiger partial charge < -0.3 is 4.90 Å². The molecule has 19 heavy (non-hydrogen) atoms. The minimum atomic E-state index is -0.0911. The molecule has 1 saturated heterocycles. The Hall–Kier alpha value is -1.45. The van der Waals surface area contributed by atoms with E-state index in [0.717, 1.165) is 17.7 Å². The summed E-state index contributed by atoms with van der Waals surface area (Å²) in [6.45, 7) is 4.67. The highest BCUT2D eigenvalue weighted by Crippen LogP contribution is 2.12. The predicted octanol–water partition coefficient (Wildman–Crippen LogP) is 1.51. The van der Waals surface area contributed by atoms with Gasteiger partial charge in [-0.25, -0.2) is 4.98 Å². The van der Waals surface area contributed by atoms with E-state index in [0.29, 0.717) is 18.7 Å². The molecule has 0 spiro atoms. The molecule has 100 valence electrons. The second-order valence-electron chi connectivity index (χ2n) is 4.50. The molecule has 1 fully saturated rings. The quantitative estimate of drug-likeness (QED) is 0.774. The molecule has 0 radical (unpaired) electrons. The van der Waals surface area contributed by atoms with Crippen molar-refractivity contribution >= 4 is 21.8 Å². The summed E-state index contributed by atoms with van der Waals surface area (Å²) in [6, 6.07) is 5.67. The van der Waals surface area contributed by atoms with Crippen molar-refractivity contribution in [1.82, 2.24) is 14.8 Å². The van der Waals surface area contributed by atoms with E-state index >= 15 is 0 Å². The van der Waals surface area contributed by atoms with Crippen LogP contribution in [-0.2, 0) is 0 Å². The summed E-state index contributed by atoms with van der Waals surface area (Å²) in [6.07, 6.45) is 1.58. The lowest BCUT2D eigenvalue weighted by Gasteiger charge is -2.35. The zero-order valence-corrected chi connectivity index (χ0v) is 12.3. The fraction of sp³-hybridized carbons (Fsp3) is 0.462. The average Bonchev–Trinajstić information content (AvgIpc) is 2.46. The molecule has 1 aromatic rings. The maximum absolute atomic E-state index is 12.2. The van der Waals surface area contributed by atoms with Crippen LogP contribution in [0, 0.1) is 11.3 Å². The van der Waals surface area contributed by atoms with Gasteiger partial charge in [-0.3, -0.25) is 9.69 Å². The first kappa shape index (κ1) is 14.0. The molecule has 0 saturated carbocycles. The van der Waals surface area contributed by atoms with Crippen molar-refractivity contribution in [1.29, 1.82) is 5.26 Å². The maximum Gasteiger partial charge on any atom is 0.255 e. The highest BCUT2D eigenvalue weighted by molar-refractivity contribution is 9.10. The van der Waals surface area contributed by atoms with Crippen molar-refractivity contribution in [2.24, 2.45) is 0 Å². The Kier molecular flexibility index (Phi) is 4.51. The number of carbonyl (C=O) groups excluding carboxylic acids is 1. The molecule has 1 unspecified atom stereocenters. The summed E-state index contributed by atoms with van der Waals surface area (Å²) in [5, 5.41) is 8.88. The number of hydrogen-bond acceptors (Lipinski definition) is 4. The van der Waals surface area contributed by atoms with Gasteiger partial charge in [0.1, 0.15) is 4.60 Å². The zero-order chi connectivity index (χ0) is 13.8. The molecule has 1 atom stereocenters. The summed E-state index contributed by atoms with van der Waals surface area (Å²) in [5.74, 6) is 0.00395. The second kappa shape index (κ2) is 6.13. The number of nitrogens with zero attached hydrogens (tertiary/aromatic N) is 4. The summed E-state index contributed by atoms with van der Waals surface area (Å²) in [5.41, 5.74) is 0.602. The highest BCUT2D eigenvalue weighted by atomic mass is 79.9. The van der Waals surface area contributed by atoms with Crippen LogP contribution in [-0.4, -0.2) is 52.9 Å². The third kappa shape index (κ3) is 3.31. The second-order valence-corrected chi connectivity index (χ2v) is 5.32. The fourth-order valence-corrected chi connectivity index (χ4v) is 2.31. The minimum Gasteiger partial charge on any atom is -0.336 e. The third-order valence-corrected chi connectivity index (χ3v) is 3.78. The van der Waals surface area contributed by atoms with Crippen molar-refractivity contribution in [2.75, 3.05) is 26.2 Å². The van der Waals surface area contributed by atoms with Gasteiger partial charge in [-0.2, -0.15) is 5.26 Å². The van der Waals surface area contributed by atoms with Gasteiger partial charge in [0.05, 0.1) is 17.7 Å². The van der Waals surface area contributed by atoms with Crippen LogP contribution in [0.25, 0.3) is 0 Å². The van der Waals surface area contributed by atoms with E-state index in [2.05, 4.69) is 31.9 Å². The molecule has 0 aliphatic carbocycles. The number of pyridine rings is 1. The van der Waals surface area contributed by atoms with Crippen LogP contribution in [0.3, 0.4) is 0 Å². The lowest BCUT2D eigenvalue weighted by molar-refractivity contribution is 0.0615. The van der Waals surface area contributed by atoms with Gasteiger partial charge >= 0.3 is 0 Å². The number of piperazine rings is 1. The number of aromatic nitrogens is 1. The molecule has 5 nitrogen and oxygen atoms in total. The van der Waals surface area contributed by atoms with Crippen molar-refractivity contribution < 1.29 is 4.79 Å². The molecule has 0 N–H and O–H groups in total. The van der Waals surface area contributed by atoms with Gasteiger partial charge in [0, 0.05) is 32.4 Å². The maximum atomic E-state index is 12.2. The number of amides is 1. The molecule has 1 amide bonds. The molecule has 2 heterocycles. The van der Waals surface area contributed by atoms with Crippen LogP contribution >= 0.6 is 15.9 Å². The molecule has 0 bridgehead atoms. The van der Waals surface area contributed by atoms with Gasteiger partial charge in [0.25, 0.3) is 5.91 Å². The first-order valence-corrected chi connectivity index (χ1v) is 6.95. The van der Waals surface area contributed by atoms with Crippen LogP contribution in [0.5, 0.6) is 0 Å². The standard InChI is InChI=1S/C13H15BrN4O/c1-10(8-15)17-4-6-18(7-5-17)13(19)11-2-3-12(14)16-9-11/h2-3,9-10H,4-7H2,1H3. The van der Waals surface area contributed by atoms with E-state index in [9.17, 15) is 4.79 Å². The Morgan fingerprint density at radius 3 is 2.63 bits per heavy atom. The lowest BCUT2D eigenvalue weighted by atomic mass is 10.2. The SMILES string of the molecule is CC(C#N)N1CCN(C(=O)c2ccc(Br)nc2)CC1. The van der Waals surface area contributed by atoms with Crippen LogP contribution in [0.2, 0.25) is 0 Å². The molecule has 6 heteroatoms. The largest absolute Gasteiger partial charge is 0.336 e. The first-order valence-electron chi connectivity index (χ1n) is 6.16. The minimum absolute atomic E-state index is 0.00395. The van der Waals surface area contributed by atoms with Crippen molar-refractivity contribution in [3.63, 3.8) is 0 Å². The van der Waals surface area contributed by atoms with E-state index in [1.165, 1.54) is 0 Å². The van der Waals surface area contributed by atoms with Crippen molar-refractivity contribution in [3.8, 4) is 6.07 Å². The third-order valence-electron chi connectivity index (χ3n) is 3.31. The number of halogens is 1. The lowest BCUT2D eigenvalue weighted by Crippen LogP contribution is -2.51. The summed E-state index contributed by atoms with van der Waals surface area (Å²) >= 11 is 3.25. The van der Waals surface area contributed by atoms with Gasteiger partial charge in [0.2, 0.25) is 0 Å². The Morgan fingerprint density at radius 1 is 1.42 bits per heavy atom. The van der Waals surface area contributed by atoms with E-state index < -0.39 is 0 Å². The predicted molar refractivity (Wildman–Crippen MR) is 74.5 cm³/mol. The molecular formula is C13H15BrN4O. The van der Waals surface area contributed by atoms with Gasteiger partial charge in [-0.1, -0.05) is 0 Å². The summed E-state index contributed by atoms with van der Waals surface area (Å²) in [7, 11) is 0. The van der Waals surface area contributed by atoms with Crippen LogP contribution in [0.4, 0.5) is 0 Å². The number of rotatable bonds is 2. The van der Waals surface area contributed by atoms with Gasteiger partial charge in [0.15, 0.2) is 0 Å². The number of hydrogen-bond donors (Lipinski definition) is 0. The Bertz CT molecular complexity index is 488. The topological polar surface area (TPSA) is 60.2 Å². The van der Waals surface area contributed by atoms with E-state index in [-0.39, 0.29) is 11.9 Å². The van der Waals surface area contributed by atoms with Crippen LogP contribution in [0.1, 0.15) is 17.3 Å². The monoisotopic (exact) mass is 322 g/mol. The van der Waals surface area contributed by atoms with E-state index in [1.807, 2.05) is 11.8 Å².